The molecule has 1 aliphatic carbocycles. The second-order valence-electron chi connectivity index (χ2n) is 6.54. The lowest BCUT2D eigenvalue weighted by molar-refractivity contribution is 0.104. The second-order valence-corrected chi connectivity index (χ2v) is 6.54. The smallest absolute Gasteiger partial charge is 0.198 e. The van der Waals surface area contributed by atoms with Gasteiger partial charge in [0.15, 0.2) is 28.6 Å². The number of azo groups is 1. The van der Waals surface area contributed by atoms with Gasteiger partial charge < -0.3 is 10.5 Å². The van der Waals surface area contributed by atoms with Crippen LogP contribution in [0.5, 0.6) is 5.75 Å². The third kappa shape index (κ3) is 2.44. The molecule has 5 rings (SSSR count). The minimum atomic E-state index is -0.262. The predicted molar refractivity (Wildman–Crippen MR) is 108 cm³/mol. The van der Waals surface area contributed by atoms with Crippen LogP contribution in [-0.4, -0.2) is 27.5 Å². The van der Waals surface area contributed by atoms with E-state index in [-0.39, 0.29) is 34.2 Å². The van der Waals surface area contributed by atoms with Crippen molar-refractivity contribution in [3.05, 3.63) is 65.4 Å². The average Bonchev–Trinajstić information content (AvgIpc) is 3.25. The number of aromatic nitrogens is 3. The molecule has 0 spiro atoms. The third-order valence-electron chi connectivity index (χ3n) is 4.86. The molecule has 0 saturated heterocycles. The number of rotatable bonds is 3. The molecule has 2 heterocycles. The van der Waals surface area contributed by atoms with Crippen molar-refractivity contribution in [2.75, 3.05) is 12.8 Å². The number of methoxy groups -OCH3 is 1. The van der Waals surface area contributed by atoms with Crippen LogP contribution in [0.15, 0.2) is 58.8 Å². The molecule has 0 amide bonds. The number of nitrogen functional groups attached to an aromatic ring is 1. The highest BCUT2D eigenvalue weighted by molar-refractivity contribution is 6.22. The largest absolute Gasteiger partial charge is 0.497 e. The Morgan fingerprint density at radius 1 is 1.10 bits per heavy atom. The number of nitriles is 1. The molecule has 1 aliphatic rings. The molecule has 9 nitrogen and oxygen atoms in total. The fourth-order valence-corrected chi connectivity index (χ4v) is 3.44. The Bertz CT molecular complexity index is 1410. The van der Waals surface area contributed by atoms with Crippen molar-refractivity contribution in [2.45, 2.75) is 0 Å². The lowest BCUT2D eigenvalue weighted by Gasteiger charge is -2.03. The minimum Gasteiger partial charge on any atom is -0.497 e. The van der Waals surface area contributed by atoms with Crippen molar-refractivity contribution in [3.8, 4) is 23.1 Å². The quantitative estimate of drug-likeness (QED) is 0.462. The molecule has 2 N–H and O–H groups in total. The van der Waals surface area contributed by atoms with E-state index in [0.717, 1.165) is 0 Å². The number of nitrogens with zero attached hydrogens (tertiary/aromatic N) is 6. The van der Waals surface area contributed by atoms with E-state index in [1.807, 2.05) is 6.07 Å². The van der Waals surface area contributed by atoms with Gasteiger partial charge in [0.2, 0.25) is 0 Å². The molecular weight excluding hydrogens is 382 g/mol. The second kappa shape index (κ2) is 6.49. The maximum atomic E-state index is 12.9. The van der Waals surface area contributed by atoms with E-state index in [1.165, 1.54) is 4.52 Å². The highest BCUT2D eigenvalue weighted by atomic mass is 16.5. The van der Waals surface area contributed by atoms with E-state index in [2.05, 4.69) is 26.4 Å². The SMILES string of the molecule is COc1ccc(N=Nc2c(N)nn3c(C#N)c4c(nc23)-c2ccccc2C4=O)cc1. The van der Waals surface area contributed by atoms with Crippen LogP contribution >= 0.6 is 0 Å². The van der Waals surface area contributed by atoms with Gasteiger partial charge in [-0.1, -0.05) is 24.3 Å². The van der Waals surface area contributed by atoms with E-state index in [4.69, 9.17) is 10.5 Å². The summed E-state index contributed by atoms with van der Waals surface area (Å²) in [6, 6.07) is 16.1. The van der Waals surface area contributed by atoms with Crippen LogP contribution in [0, 0.1) is 11.3 Å². The van der Waals surface area contributed by atoms with Crippen molar-refractivity contribution in [1.29, 1.82) is 5.26 Å². The zero-order chi connectivity index (χ0) is 20.8. The lowest BCUT2D eigenvalue weighted by Crippen LogP contribution is -2.07. The average molecular weight is 395 g/mol. The third-order valence-corrected chi connectivity index (χ3v) is 4.86. The van der Waals surface area contributed by atoms with Crippen LogP contribution in [-0.2, 0) is 0 Å². The number of nitrogens with two attached hydrogens (primary N) is 1. The molecule has 2 aromatic heterocycles. The van der Waals surface area contributed by atoms with Crippen molar-refractivity contribution < 1.29 is 9.53 Å². The summed E-state index contributed by atoms with van der Waals surface area (Å²) < 4.78 is 6.38. The molecule has 2 aromatic carbocycles. The highest BCUT2D eigenvalue weighted by Gasteiger charge is 2.33. The summed E-state index contributed by atoms with van der Waals surface area (Å²) in [5.74, 6) is 0.492. The van der Waals surface area contributed by atoms with E-state index in [1.54, 1.807) is 49.6 Å². The maximum absolute atomic E-state index is 12.9. The summed E-state index contributed by atoms with van der Waals surface area (Å²) in [4.78, 5) is 17.4. The van der Waals surface area contributed by atoms with E-state index in [9.17, 15) is 10.1 Å². The number of hydrogen-bond acceptors (Lipinski definition) is 8. The Hall–Kier alpha value is -4.58. The van der Waals surface area contributed by atoms with Crippen LogP contribution in [0.2, 0.25) is 0 Å². The van der Waals surface area contributed by atoms with Gasteiger partial charge >= 0.3 is 0 Å². The number of ketones is 1. The van der Waals surface area contributed by atoms with Gasteiger partial charge in [-0.2, -0.15) is 14.9 Å². The van der Waals surface area contributed by atoms with Crippen molar-refractivity contribution in [2.24, 2.45) is 10.2 Å². The van der Waals surface area contributed by atoms with Crippen LogP contribution in [0.1, 0.15) is 21.6 Å². The van der Waals surface area contributed by atoms with E-state index >= 15 is 0 Å². The van der Waals surface area contributed by atoms with Crippen LogP contribution in [0.3, 0.4) is 0 Å². The predicted octanol–water partition coefficient (Wildman–Crippen LogP) is 3.82. The van der Waals surface area contributed by atoms with Gasteiger partial charge in [0.05, 0.1) is 24.1 Å². The molecule has 0 fully saturated rings. The molecule has 0 radical (unpaired) electrons. The number of anilines is 1. The molecule has 30 heavy (non-hydrogen) atoms. The van der Waals surface area contributed by atoms with Crippen LogP contribution < -0.4 is 10.5 Å². The van der Waals surface area contributed by atoms with Gasteiger partial charge in [0.1, 0.15) is 11.8 Å². The molecule has 0 unspecified atom stereocenters. The molecule has 9 heteroatoms. The summed E-state index contributed by atoms with van der Waals surface area (Å²) in [5.41, 5.74) is 8.95. The topological polar surface area (TPSA) is 131 Å². The van der Waals surface area contributed by atoms with Gasteiger partial charge in [0.25, 0.3) is 0 Å². The monoisotopic (exact) mass is 395 g/mol. The zero-order valence-corrected chi connectivity index (χ0v) is 15.7. The van der Waals surface area contributed by atoms with Crippen molar-refractivity contribution >= 4 is 28.6 Å². The molecule has 0 atom stereocenters. The molecule has 4 aromatic rings. The summed E-state index contributed by atoms with van der Waals surface area (Å²) in [6.07, 6.45) is 0. The Labute approximate surface area is 170 Å². The van der Waals surface area contributed by atoms with Gasteiger partial charge in [-0.15, -0.1) is 10.2 Å². The van der Waals surface area contributed by atoms with Crippen LogP contribution in [0.25, 0.3) is 16.9 Å². The molecule has 0 aliphatic heterocycles. The van der Waals surface area contributed by atoms with Gasteiger partial charge in [-0.3, -0.25) is 4.79 Å². The lowest BCUT2D eigenvalue weighted by atomic mass is 10.1. The first-order chi connectivity index (χ1) is 14.6. The van der Waals surface area contributed by atoms with Crippen molar-refractivity contribution in [1.82, 2.24) is 14.6 Å². The highest BCUT2D eigenvalue weighted by Crippen LogP contribution is 2.39. The fraction of sp³-hybridized carbons (Fsp3) is 0.0476. The van der Waals surface area contributed by atoms with Crippen molar-refractivity contribution in [3.63, 3.8) is 0 Å². The summed E-state index contributed by atoms with van der Waals surface area (Å²) in [7, 11) is 1.58. The number of benzene rings is 2. The van der Waals surface area contributed by atoms with Crippen LogP contribution in [0.4, 0.5) is 17.2 Å². The standard InChI is InChI=1S/C21H13N7O2/c1-30-12-8-6-11(7-9-12)25-26-18-20(23)27-28-15(10-22)16-17(24-21(18)28)13-4-2-3-5-14(13)19(16)29/h2-9H,1H3,(H2,23,27). The van der Waals surface area contributed by atoms with E-state index < -0.39 is 0 Å². The number of carbonyl (C=O) groups excluding carboxylic acids is 1. The molecule has 0 saturated carbocycles. The number of fused-ring (bicyclic) bond motifs is 4. The first-order valence-corrected chi connectivity index (χ1v) is 8.94. The summed E-state index contributed by atoms with van der Waals surface area (Å²) in [5, 5.41) is 22.3. The van der Waals surface area contributed by atoms with Gasteiger partial charge in [-0.25, -0.2) is 4.98 Å². The van der Waals surface area contributed by atoms with Gasteiger partial charge in [-0.05, 0) is 24.3 Å². The number of ether oxygens (including phenoxy) is 1. The number of hydrogen-bond donors (Lipinski definition) is 1. The first-order valence-electron chi connectivity index (χ1n) is 8.94. The Kier molecular flexibility index (Phi) is 3.79. The minimum absolute atomic E-state index is 0.0562. The summed E-state index contributed by atoms with van der Waals surface area (Å²) in [6.45, 7) is 0. The zero-order valence-electron chi connectivity index (χ0n) is 15.7. The Balaban J connectivity index is 1.70. The number of carbonyl (C=O) groups is 1. The molecule has 144 valence electrons. The Morgan fingerprint density at radius 3 is 2.53 bits per heavy atom. The summed E-state index contributed by atoms with van der Waals surface area (Å²) >= 11 is 0. The first kappa shape index (κ1) is 17.5. The van der Waals surface area contributed by atoms with E-state index in [0.29, 0.717) is 28.3 Å². The van der Waals surface area contributed by atoms with Gasteiger partial charge in [0, 0.05) is 11.1 Å². The molecular formula is C21H13N7O2. The molecule has 0 bridgehead atoms. The maximum Gasteiger partial charge on any atom is 0.198 e. The Morgan fingerprint density at radius 2 is 1.83 bits per heavy atom. The normalized spacial score (nSPS) is 12.2. The fourth-order valence-electron chi connectivity index (χ4n) is 3.44.